The van der Waals surface area contributed by atoms with Gasteiger partial charge in [-0.3, -0.25) is 0 Å². The highest BCUT2D eigenvalue weighted by molar-refractivity contribution is 7.99. The van der Waals surface area contributed by atoms with Crippen molar-refractivity contribution in [3.8, 4) is 0 Å². The van der Waals surface area contributed by atoms with Crippen LogP contribution in [0.2, 0.25) is 0 Å². The lowest BCUT2D eigenvalue weighted by molar-refractivity contribution is 0.176. The molecule has 0 aromatic carbocycles. The van der Waals surface area contributed by atoms with E-state index in [1.807, 2.05) is 0 Å². The molecule has 2 unspecified atom stereocenters. The molecule has 1 aliphatic rings. The molecule has 2 rings (SSSR count). The zero-order chi connectivity index (χ0) is 12.3. The maximum absolute atomic E-state index is 5.35. The summed E-state index contributed by atoms with van der Waals surface area (Å²) in [6, 6.07) is 0.540. The Labute approximate surface area is 108 Å². The lowest BCUT2D eigenvalue weighted by atomic mass is 9.73. The van der Waals surface area contributed by atoms with Crippen LogP contribution in [0.4, 0.5) is 0 Å². The van der Waals surface area contributed by atoms with Crippen LogP contribution in [0.15, 0.2) is 22.1 Å². The van der Waals surface area contributed by atoms with Gasteiger partial charge in [-0.15, -0.1) is 0 Å². The largest absolute Gasteiger partial charge is 0.440 e. The van der Waals surface area contributed by atoms with E-state index in [2.05, 4.69) is 31.1 Å². The predicted molar refractivity (Wildman–Crippen MR) is 71.2 cm³/mol. The molecule has 0 saturated heterocycles. The topological polar surface area (TPSA) is 38.1 Å². The van der Waals surface area contributed by atoms with E-state index in [1.165, 1.54) is 19.3 Å². The van der Waals surface area contributed by atoms with Crippen molar-refractivity contribution in [3.63, 3.8) is 0 Å². The highest BCUT2D eigenvalue weighted by atomic mass is 32.2. The number of oxazole rings is 1. The summed E-state index contributed by atoms with van der Waals surface area (Å²) in [4.78, 5) is 4.22. The average Bonchev–Trinajstić information content (AvgIpc) is 2.75. The van der Waals surface area contributed by atoms with Crippen molar-refractivity contribution in [2.24, 2.45) is 5.41 Å². The Morgan fingerprint density at radius 1 is 1.59 bits per heavy atom. The first-order chi connectivity index (χ1) is 8.13. The van der Waals surface area contributed by atoms with Gasteiger partial charge in [0.15, 0.2) is 0 Å². The van der Waals surface area contributed by atoms with Crippen LogP contribution < -0.4 is 5.32 Å². The van der Waals surface area contributed by atoms with E-state index in [0.29, 0.717) is 16.7 Å². The van der Waals surface area contributed by atoms with Gasteiger partial charge in [0.05, 0.1) is 6.20 Å². The Morgan fingerprint density at radius 3 is 3.06 bits per heavy atom. The van der Waals surface area contributed by atoms with Gasteiger partial charge < -0.3 is 9.73 Å². The van der Waals surface area contributed by atoms with Crippen LogP contribution in [-0.2, 0) is 0 Å². The summed E-state index contributed by atoms with van der Waals surface area (Å²) >= 11 is 1.78. The summed E-state index contributed by atoms with van der Waals surface area (Å²) in [7, 11) is 0. The van der Waals surface area contributed by atoms with Gasteiger partial charge in [-0.2, -0.15) is 0 Å². The second kappa shape index (κ2) is 5.44. The third kappa shape index (κ3) is 3.05. The minimum Gasteiger partial charge on any atom is -0.440 e. The van der Waals surface area contributed by atoms with Gasteiger partial charge in [0.1, 0.15) is 6.26 Å². The minimum atomic E-state index is 0.360. The monoisotopic (exact) mass is 254 g/mol. The fourth-order valence-corrected chi connectivity index (χ4v) is 4.11. The van der Waals surface area contributed by atoms with E-state index in [1.54, 1.807) is 24.2 Å². The molecular weight excluding hydrogens is 232 g/mol. The van der Waals surface area contributed by atoms with Gasteiger partial charge in [-0.05, 0) is 24.8 Å². The van der Waals surface area contributed by atoms with Gasteiger partial charge in [-0.25, -0.2) is 4.98 Å². The Kier molecular flexibility index (Phi) is 4.15. The Morgan fingerprint density at radius 2 is 2.41 bits per heavy atom. The maximum atomic E-state index is 5.35. The first-order valence-electron chi connectivity index (χ1n) is 6.43. The number of thioether (sulfide) groups is 1. The van der Waals surface area contributed by atoms with Crippen LogP contribution in [0, 0.1) is 5.41 Å². The van der Waals surface area contributed by atoms with Crippen molar-refractivity contribution in [1.82, 2.24) is 10.3 Å². The van der Waals surface area contributed by atoms with Crippen LogP contribution in [0.5, 0.6) is 0 Å². The molecule has 1 aromatic rings. The summed E-state index contributed by atoms with van der Waals surface area (Å²) in [5.41, 5.74) is 0.360. The van der Waals surface area contributed by atoms with Crippen molar-refractivity contribution in [1.29, 1.82) is 0 Å². The Hall–Kier alpha value is -0.480. The fourth-order valence-electron chi connectivity index (χ4n) is 2.74. The van der Waals surface area contributed by atoms with Crippen molar-refractivity contribution in [2.75, 3.05) is 6.54 Å². The number of hydrogen-bond acceptors (Lipinski definition) is 4. The molecule has 0 spiro atoms. The van der Waals surface area contributed by atoms with Crippen LogP contribution in [0.25, 0.3) is 0 Å². The molecule has 4 heteroatoms. The fraction of sp³-hybridized carbons (Fsp3) is 0.769. The smallest absolute Gasteiger partial charge is 0.255 e. The molecule has 1 aliphatic carbocycles. The quantitative estimate of drug-likeness (QED) is 0.894. The highest BCUT2D eigenvalue weighted by Gasteiger charge is 2.39. The van der Waals surface area contributed by atoms with Gasteiger partial charge >= 0.3 is 0 Å². The van der Waals surface area contributed by atoms with Gasteiger partial charge in [0.2, 0.25) is 0 Å². The molecule has 1 heterocycles. The first kappa shape index (κ1) is 13.0. The van der Waals surface area contributed by atoms with E-state index in [-0.39, 0.29) is 0 Å². The average molecular weight is 254 g/mol. The Balaban J connectivity index is 2.07. The van der Waals surface area contributed by atoms with E-state index < -0.39 is 0 Å². The lowest BCUT2D eigenvalue weighted by Gasteiger charge is -2.43. The zero-order valence-corrected chi connectivity index (χ0v) is 11.7. The third-order valence-corrected chi connectivity index (χ3v) is 4.82. The highest BCUT2D eigenvalue weighted by Crippen LogP contribution is 2.42. The predicted octanol–water partition coefficient (Wildman–Crippen LogP) is 3.32. The number of nitrogens with zero attached hydrogens (tertiary/aromatic N) is 1. The van der Waals surface area contributed by atoms with Gasteiger partial charge in [0, 0.05) is 11.3 Å². The summed E-state index contributed by atoms with van der Waals surface area (Å²) in [5, 5.41) is 5.02. The molecule has 0 bridgehead atoms. The van der Waals surface area contributed by atoms with Crippen LogP contribution in [0.1, 0.15) is 40.0 Å². The van der Waals surface area contributed by atoms with E-state index in [4.69, 9.17) is 4.42 Å². The molecule has 1 N–H and O–H groups in total. The van der Waals surface area contributed by atoms with Crippen molar-refractivity contribution >= 4 is 11.8 Å². The van der Waals surface area contributed by atoms with E-state index >= 15 is 0 Å². The minimum absolute atomic E-state index is 0.360. The van der Waals surface area contributed by atoms with Crippen molar-refractivity contribution < 1.29 is 4.42 Å². The summed E-state index contributed by atoms with van der Waals surface area (Å²) in [6.45, 7) is 7.93. The van der Waals surface area contributed by atoms with Crippen molar-refractivity contribution in [3.05, 3.63) is 12.5 Å². The summed E-state index contributed by atoms with van der Waals surface area (Å²) in [6.07, 6.45) is 7.21. The van der Waals surface area contributed by atoms with E-state index in [0.717, 1.165) is 11.8 Å². The molecule has 0 radical (unpaired) electrons. The molecule has 1 aromatic heterocycles. The second-order valence-corrected chi connectivity index (χ2v) is 6.56. The molecule has 0 amide bonds. The van der Waals surface area contributed by atoms with Gasteiger partial charge in [-0.1, -0.05) is 39.0 Å². The number of aromatic nitrogens is 1. The molecular formula is C13H22N2OS. The molecule has 1 saturated carbocycles. The van der Waals surface area contributed by atoms with Crippen LogP contribution in [-0.4, -0.2) is 22.8 Å². The number of nitrogens with one attached hydrogen (secondary N) is 1. The molecule has 1 fully saturated rings. The number of hydrogen-bond donors (Lipinski definition) is 1. The summed E-state index contributed by atoms with van der Waals surface area (Å²) < 4.78 is 5.35. The second-order valence-electron chi connectivity index (χ2n) is 5.37. The Bertz CT molecular complexity index is 337. The summed E-state index contributed by atoms with van der Waals surface area (Å²) in [5.74, 6) is 0. The zero-order valence-electron chi connectivity index (χ0n) is 10.9. The SMILES string of the molecule is CCNC1C(Sc2ncco2)CCCC1(C)C. The van der Waals surface area contributed by atoms with Crippen LogP contribution in [0.3, 0.4) is 0 Å². The van der Waals surface area contributed by atoms with Gasteiger partial charge in [0.25, 0.3) is 5.22 Å². The standard InChI is InChI=1S/C13H22N2OS/c1-4-14-11-10(6-5-7-13(11,2)3)17-12-15-8-9-16-12/h8-11,14H,4-7H2,1-3H3. The molecule has 0 aliphatic heterocycles. The lowest BCUT2D eigenvalue weighted by Crippen LogP contribution is -2.51. The van der Waals surface area contributed by atoms with Crippen LogP contribution >= 0.6 is 11.8 Å². The third-order valence-electron chi connectivity index (χ3n) is 3.61. The molecule has 3 nitrogen and oxygen atoms in total. The molecule has 2 atom stereocenters. The molecule has 17 heavy (non-hydrogen) atoms. The van der Waals surface area contributed by atoms with Crippen molar-refractivity contribution in [2.45, 2.75) is 56.5 Å². The number of rotatable bonds is 4. The maximum Gasteiger partial charge on any atom is 0.255 e. The molecule has 96 valence electrons. The van der Waals surface area contributed by atoms with E-state index in [9.17, 15) is 0 Å². The normalized spacial score (nSPS) is 28.2. The first-order valence-corrected chi connectivity index (χ1v) is 7.31.